The molecule has 2 bridgehead atoms. The van der Waals surface area contributed by atoms with Crippen LogP contribution < -0.4 is 10.1 Å². The molecule has 2 aromatic carbocycles. The Bertz CT molecular complexity index is 1320. The molecule has 1 amide bonds. The number of aromatic nitrogens is 1. The molecule has 5 heterocycles. The molecule has 4 aromatic rings. The number of piperidine rings is 3. The van der Waals surface area contributed by atoms with Crippen molar-refractivity contribution in [3.05, 3.63) is 60.3 Å². The summed E-state index contributed by atoms with van der Waals surface area (Å²) >= 11 is 0. The van der Waals surface area contributed by atoms with Crippen molar-refractivity contribution in [2.75, 3.05) is 26.7 Å². The zero-order valence-corrected chi connectivity index (χ0v) is 18.7. The van der Waals surface area contributed by atoms with E-state index in [2.05, 4.69) is 15.2 Å². The fourth-order valence-corrected chi connectivity index (χ4v) is 5.44. The van der Waals surface area contributed by atoms with E-state index in [1.807, 2.05) is 48.5 Å². The highest BCUT2D eigenvalue weighted by Crippen LogP contribution is 2.38. The number of fused-ring (bicyclic) bond motifs is 6. The average molecular weight is 442 g/mol. The zero-order valence-electron chi connectivity index (χ0n) is 18.7. The van der Waals surface area contributed by atoms with Crippen LogP contribution in [0.15, 0.2) is 59.1 Å². The first-order chi connectivity index (χ1) is 16.2. The third kappa shape index (κ3) is 3.64. The van der Waals surface area contributed by atoms with Gasteiger partial charge < -0.3 is 19.4 Å². The van der Waals surface area contributed by atoms with Gasteiger partial charge in [0.05, 0.1) is 13.5 Å². The van der Waals surface area contributed by atoms with E-state index in [1.54, 1.807) is 13.3 Å². The van der Waals surface area contributed by atoms with Crippen molar-refractivity contribution >= 4 is 27.8 Å². The number of hydrogen-bond donors (Lipinski definition) is 1. The van der Waals surface area contributed by atoms with Gasteiger partial charge in [0.15, 0.2) is 5.58 Å². The third-order valence-corrected chi connectivity index (χ3v) is 7.22. The Morgan fingerprint density at radius 2 is 1.97 bits per heavy atom. The van der Waals surface area contributed by atoms with Crippen LogP contribution in [0.3, 0.4) is 0 Å². The van der Waals surface area contributed by atoms with E-state index < -0.39 is 0 Å². The quantitative estimate of drug-likeness (QED) is 0.497. The molecule has 3 fully saturated rings. The second-order valence-corrected chi connectivity index (χ2v) is 9.14. The van der Waals surface area contributed by atoms with Crippen molar-refractivity contribution in [3.63, 3.8) is 0 Å². The first-order valence-electron chi connectivity index (χ1n) is 11.6. The van der Waals surface area contributed by atoms with E-state index >= 15 is 0 Å². The van der Waals surface area contributed by atoms with Gasteiger partial charge in [-0.15, -0.1) is 0 Å². The normalized spacial score (nSPS) is 22.0. The number of methoxy groups -OCH3 is 1. The van der Waals surface area contributed by atoms with Gasteiger partial charge in [0.2, 0.25) is 5.91 Å². The van der Waals surface area contributed by atoms with E-state index in [4.69, 9.17) is 9.15 Å². The number of benzene rings is 2. The monoisotopic (exact) mass is 441 g/mol. The summed E-state index contributed by atoms with van der Waals surface area (Å²) in [5.41, 5.74) is 3.36. The fraction of sp³-hybridized carbons (Fsp3) is 0.333. The summed E-state index contributed by atoms with van der Waals surface area (Å²) in [6, 6.07) is 16.1. The number of pyridine rings is 1. The lowest BCUT2D eigenvalue weighted by Crippen LogP contribution is -2.57. The highest BCUT2D eigenvalue weighted by Gasteiger charge is 2.35. The molecule has 6 nitrogen and oxygen atoms in total. The lowest BCUT2D eigenvalue weighted by Gasteiger charge is -2.44. The van der Waals surface area contributed by atoms with Crippen LogP contribution in [-0.4, -0.2) is 48.6 Å². The molecule has 7 rings (SSSR count). The molecule has 1 unspecified atom stereocenters. The maximum atomic E-state index is 13.2. The topological polar surface area (TPSA) is 67.6 Å². The van der Waals surface area contributed by atoms with Crippen LogP contribution in [-0.2, 0) is 11.2 Å². The van der Waals surface area contributed by atoms with Crippen molar-refractivity contribution in [1.82, 2.24) is 15.2 Å². The molecule has 0 saturated carbocycles. The van der Waals surface area contributed by atoms with Gasteiger partial charge in [0, 0.05) is 40.7 Å². The Morgan fingerprint density at radius 3 is 2.70 bits per heavy atom. The Balaban J connectivity index is 1.39. The van der Waals surface area contributed by atoms with Crippen molar-refractivity contribution in [1.29, 1.82) is 0 Å². The van der Waals surface area contributed by atoms with Crippen LogP contribution in [0, 0.1) is 5.92 Å². The van der Waals surface area contributed by atoms with Gasteiger partial charge in [-0.2, -0.15) is 0 Å². The van der Waals surface area contributed by atoms with E-state index in [-0.39, 0.29) is 18.4 Å². The van der Waals surface area contributed by atoms with Crippen LogP contribution in [0.2, 0.25) is 0 Å². The number of nitrogens with one attached hydrogen (secondary N) is 1. The molecule has 3 saturated heterocycles. The molecule has 3 aliphatic rings. The summed E-state index contributed by atoms with van der Waals surface area (Å²) in [4.78, 5) is 20.3. The van der Waals surface area contributed by atoms with Gasteiger partial charge in [0.1, 0.15) is 17.0 Å². The summed E-state index contributed by atoms with van der Waals surface area (Å²) in [5.74, 6) is 2.14. The lowest BCUT2D eigenvalue weighted by molar-refractivity contribution is -0.122. The molecular formula is C27H27N3O3. The number of hydrogen-bond acceptors (Lipinski definition) is 5. The SMILES string of the molecule is COc1ccc(-c2oc3c(ccc4cccnc43)c2CC(=O)NC2CN3CCC2CC3)cc1. The molecule has 1 N–H and O–H groups in total. The van der Waals surface area contributed by atoms with Crippen LogP contribution >= 0.6 is 0 Å². The number of ether oxygens (including phenoxy) is 1. The van der Waals surface area contributed by atoms with E-state index in [0.717, 1.165) is 64.1 Å². The molecule has 0 aliphatic carbocycles. The maximum absolute atomic E-state index is 13.2. The molecule has 2 aromatic heterocycles. The molecule has 168 valence electrons. The summed E-state index contributed by atoms with van der Waals surface area (Å²) in [6.07, 6.45) is 4.40. The predicted molar refractivity (Wildman–Crippen MR) is 128 cm³/mol. The molecule has 0 spiro atoms. The Kier molecular flexibility index (Phi) is 5.03. The standard InChI is InChI=1S/C27H27N3O3/c1-32-20-7-4-19(5-8-20)26-22(15-24(31)29-23-16-30-13-10-17(23)11-14-30)21-9-6-18-3-2-12-28-25(18)27(21)33-26/h2-9,12,17,23H,10-11,13-16H2,1H3,(H,29,31). The van der Waals surface area contributed by atoms with E-state index in [1.165, 1.54) is 12.8 Å². The molecule has 1 atom stereocenters. The van der Waals surface area contributed by atoms with Crippen molar-refractivity contribution in [2.24, 2.45) is 5.92 Å². The number of rotatable bonds is 5. The van der Waals surface area contributed by atoms with Crippen LogP contribution in [0.1, 0.15) is 18.4 Å². The van der Waals surface area contributed by atoms with Crippen molar-refractivity contribution in [2.45, 2.75) is 25.3 Å². The maximum Gasteiger partial charge on any atom is 0.224 e. The van der Waals surface area contributed by atoms with Gasteiger partial charge in [-0.3, -0.25) is 9.78 Å². The minimum atomic E-state index is 0.0485. The number of carbonyl (C=O) groups excluding carboxylic acids is 1. The van der Waals surface area contributed by atoms with Crippen molar-refractivity contribution < 1.29 is 13.9 Å². The summed E-state index contributed by atoms with van der Waals surface area (Å²) in [6.45, 7) is 3.28. The minimum absolute atomic E-state index is 0.0485. The summed E-state index contributed by atoms with van der Waals surface area (Å²) in [5, 5.41) is 5.29. The van der Waals surface area contributed by atoms with Crippen LogP contribution in [0.25, 0.3) is 33.2 Å². The lowest BCUT2D eigenvalue weighted by atomic mass is 9.84. The predicted octanol–water partition coefficient (Wildman–Crippen LogP) is 4.41. The molecule has 6 heteroatoms. The zero-order chi connectivity index (χ0) is 22.4. The first kappa shape index (κ1) is 20.2. The van der Waals surface area contributed by atoms with Gasteiger partial charge in [-0.05, 0) is 62.2 Å². The third-order valence-electron chi connectivity index (χ3n) is 7.22. The minimum Gasteiger partial charge on any atom is -0.497 e. The fourth-order valence-electron chi connectivity index (χ4n) is 5.44. The highest BCUT2D eigenvalue weighted by molar-refractivity contribution is 6.06. The van der Waals surface area contributed by atoms with Gasteiger partial charge in [-0.25, -0.2) is 0 Å². The van der Waals surface area contributed by atoms with Gasteiger partial charge >= 0.3 is 0 Å². The number of nitrogens with zero attached hydrogens (tertiary/aromatic N) is 2. The number of carbonyl (C=O) groups is 1. The highest BCUT2D eigenvalue weighted by atomic mass is 16.5. The van der Waals surface area contributed by atoms with Crippen molar-refractivity contribution in [3.8, 4) is 17.1 Å². The Labute approximate surface area is 192 Å². The smallest absolute Gasteiger partial charge is 0.224 e. The van der Waals surface area contributed by atoms with E-state index in [0.29, 0.717) is 5.92 Å². The molecular weight excluding hydrogens is 414 g/mol. The van der Waals surface area contributed by atoms with Crippen LogP contribution in [0.5, 0.6) is 5.75 Å². The summed E-state index contributed by atoms with van der Waals surface area (Å²) in [7, 11) is 1.65. The first-order valence-corrected chi connectivity index (χ1v) is 11.6. The Morgan fingerprint density at radius 1 is 1.15 bits per heavy atom. The molecule has 3 aliphatic heterocycles. The second kappa shape index (κ2) is 8.19. The van der Waals surface area contributed by atoms with Gasteiger partial charge in [-0.1, -0.05) is 18.2 Å². The average Bonchev–Trinajstić information content (AvgIpc) is 3.23. The van der Waals surface area contributed by atoms with Crippen LogP contribution in [0.4, 0.5) is 0 Å². The summed E-state index contributed by atoms with van der Waals surface area (Å²) < 4.78 is 11.7. The largest absolute Gasteiger partial charge is 0.497 e. The molecule has 0 radical (unpaired) electrons. The number of amides is 1. The second-order valence-electron chi connectivity index (χ2n) is 9.14. The van der Waals surface area contributed by atoms with E-state index in [9.17, 15) is 4.79 Å². The van der Waals surface area contributed by atoms with Gasteiger partial charge in [0.25, 0.3) is 0 Å². The Hall–Kier alpha value is -3.38. The molecule has 33 heavy (non-hydrogen) atoms. The number of furan rings is 1.